The molecule has 9 aromatic rings. The van der Waals surface area contributed by atoms with Crippen molar-refractivity contribution in [1.29, 1.82) is 0 Å². The lowest BCUT2D eigenvalue weighted by Gasteiger charge is -2.18. The Kier molecular flexibility index (Phi) is 6.06. The van der Waals surface area contributed by atoms with Gasteiger partial charge in [-0.05, 0) is 65.9 Å². The highest BCUT2D eigenvalue weighted by Gasteiger charge is 2.21. The summed E-state index contributed by atoms with van der Waals surface area (Å²) in [5.41, 5.74) is 12.1. The zero-order chi connectivity index (χ0) is 30.9. The van der Waals surface area contributed by atoms with Crippen LogP contribution in [0.4, 0.5) is 0 Å². The van der Waals surface area contributed by atoms with Crippen molar-refractivity contribution in [3.63, 3.8) is 0 Å². The van der Waals surface area contributed by atoms with E-state index in [0.29, 0.717) is 0 Å². The Morgan fingerprint density at radius 3 is 1.70 bits per heavy atom. The molecule has 0 bridgehead atoms. The molecule has 0 atom stereocenters. The fourth-order valence-electron chi connectivity index (χ4n) is 7.40. The number of rotatable bonds is 3. The molecule has 9 rings (SSSR count). The zero-order valence-corrected chi connectivity index (χ0v) is 26.7. The predicted molar refractivity (Wildman–Crippen MR) is 198 cm³/mol. The molecule has 0 spiro atoms. The molecule has 0 saturated heterocycles. The van der Waals surface area contributed by atoms with Crippen molar-refractivity contribution >= 4 is 64.1 Å². The van der Waals surface area contributed by atoms with Crippen LogP contribution in [-0.2, 0) is 0 Å². The number of aromatic nitrogens is 2. The maximum absolute atomic E-state index is 5.58. The summed E-state index contributed by atoms with van der Waals surface area (Å²) in [6.45, 7) is 6.55. The fourth-order valence-corrected chi connectivity index (χ4v) is 8.64. The molecule has 3 heteroatoms. The summed E-state index contributed by atoms with van der Waals surface area (Å²) in [6, 6.07) is 46.0. The normalized spacial score (nSPS) is 11.8. The summed E-state index contributed by atoms with van der Waals surface area (Å²) < 4.78 is 2.63. The summed E-state index contributed by atoms with van der Waals surface area (Å²) in [5, 5.41) is 7.27. The Hall–Kier alpha value is -5.38. The first kappa shape index (κ1) is 27.0. The zero-order valence-electron chi connectivity index (χ0n) is 25.9. The van der Waals surface area contributed by atoms with Gasteiger partial charge in [0.25, 0.3) is 0 Å². The molecule has 0 aliphatic rings. The highest BCUT2D eigenvalue weighted by molar-refractivity contribution is 7.26. The van der Waals surface area contributed by atoms with Crippen LogP contribution in [0.3, 0.4) is 0 Å². The summed E-state index contributed by atoms with van der Waals surface area (Å²) >= 11 is 1.87. The van der Waals surface area contributed by atoms with Crippen molar-refractivity contribution in [1.82, 2.24) is 9.97 Å². The van der Waals surface area contributed by atoms with Gasteiger partial charge in [0.15, 0.2) is 0 Å². The predicted octanol–water partition coefficient (Wildman–Crippen LogP) is 12.2. The lowest BCUT2D eigenvalue weighted by molar-refractivity contribution is 1.25. The first-order chi connectivity index (χ1) is 22.5. The van der Waals surface area contributed by atoms with Gasteiger partial charge in [-0.15, -0.1) is 11.3 Å². The van der Waals surface area contributed by atoms with Gasteiger partial charge < -0.3 is 0 Å². The quantitative estimate of drug-likeness (QED) is 0.187. The van der Waals surface area contributed by atoms with Crippen LogP contribution in [-0.4, -0.2) is 9.97 Å². The third kappa shape index (κ3) is 4.09. The minimum absolute atomic E-state index is 0.911. The van der Waals surface area contributed by atoms with Crippen LogP contribution in [0.15, 0.2) is 127 Å². The maximum Gasteiger partial charge on any atom is 0.0979 e. The van der Waals surface area contributed by atoms with Crippen LogP contribution in [0.25, 0.3) is 86.4 Å². The van der Waals surface area contributed by atoms with Crippen LogP contribution < -0.4 is 0 Å². The van der Waals surface area contributed by atoms with Gasteiger partial charge in [0, 0.05) is 42.1 Å². The van der Waals surface area contributed by atoms with Gasteiger partial charge in [0.05, 0.1) is 22.4 Å². The SMILES string of the molecule is Cc1cc(C)c(-c2nc3c4ccccc4c4ccccc4c3nc2-c2cccc(-c3cccc4c3sc3ccccc34)c2)c(C)c1. The van der Waals surface area contributed by atoms with Crippen LogP contribution in [0, 0.1) is 20.8 Å². The Morgan fingerprint density at radius 1 is 0.457 bits per heavy atom. The standard InChI is InChI=1S/C43H30N2S/c1-25-22-26(2)38(27(3)23-25)42-39(44-40-34-17-6-4-14-31(34)32-15-5-7-18-35(32)41(40)45-42)29-13-10-12-28(24-29)30-19-11-20-36-33-16-8-9-21-37(33)46-43(30)36/h4-24H,1-3H3. The molecule has 218 valence electrons. The van der Waals surface area contributed by atoms with E-state index in [-0.39, 0.29) is 0 Å². The van der Waals surface area contributed by atoms with Crippen molar-refractivity contribution in [3.05, 3.63) is 144 Å². The van der Waals surface area contributed by atoms with Crippen molar-refractivity contribution in [3.8, 4) is 33.6 Å². The van der Waals surface area contributed by atoms with Gasteiger partial charge in [-0.3, -0.25) is 0 Å². The Bertz CT molecular complexity index is 2660. The van der Waals surface area contributed by atoms with E-state index in [0.717, 1.165) is 44.3 Å². The molecule has 2 heterocycles. The molecule has 0 amide bonds. The van der Waals surface area contributed by atoms with E-state index in [1.54, 1.807) is 0 Å². The fraction of sp³-hybridized carbons (Fsp3) is 0.0698. The van der Waals surface area contributed by atoms with E-state index < -0.39 is 0 Å². The lowest BCUT2D eigenvalue weighted by atomic mass is 9.92. The van der Waals surface area contributed by atoms with E-state index in [1.807, 2.05) is 11.3 Å². The third-order valence-corrected chi connectivity index (χ3v) is 10.5. The average molecular weight is 607 g/mol. The first-order valence-corrected chi connectivity index (χ1v) is 16.6. The van der Waals surface area contributed by atoms with E-state index in [1.165, 1.54) is 58.8 Å². The molecule has 0 unspecified atom stereocenters. The van der Waals surface area contributed by atoms with Crippen LogP contribution >= 0.6 is 11.3 Å². The number of nitrogens with zero attached hydrogens (tertiary/aromatic N) is 2. The minimum atomic E-state index is 0.911. The van der Waals surface area contributed by atoms with Gasteiger partial charge in [0.2, 0.25) is 0 Å². The summed E-state index contributed by atoms with van der Waals surface area (Å²) in [4.78, 5) is 11.1. The summed E-state index contributed by atoms with van der Waals surface area (Å²) in [7, 11) is 0. The van der Waals surface area contributed by atoms with Crippen LogP contribution in [0.5, 0.6) is 0 Å². The molecule has 46 heavy (non-hydrogen) atoms. The molecule has 0 fully saturated rings. The van der Waals surface area contributed by atoms with Gasteiger partial charge in [-0.1, -0.05) is 121 Å². The second-order valence-electron chi connectivity index (χ2n) is 12.3. The van der Waals surface area contributed by atoms with Crippen LogP contribution in [0.1, 0.15) is 16.7 Å². The minimum Gasteiger partial charge on any atom is -0.243 e. The first-order valence-electron chi connectivity index (χ1n) is 15.8. The lowest BCUT2D eigenvalue weighted by Crippen LogP contribution is -2.00. The van der Waals surface area contributed by atoms with E-state index in [2.05, 4.69) is 148 Å². The molecule has 7 aromatic carbocycles. The molecule has 2 nitrogen and oxygen atoms in total. The molecular formula is C43H30N2S. The number of aryl methyl sites for hydroxylation is 3. The van der Waals surface area contributed by atoms with Crippen molar-refractivity contribution in [2.75, 3.05) is 0 Å². The maximum atomic E-state index is 5.58. The Morgan fingerprint density at radius 2 is 1.00 bits per heavy atom. The van der Waals surface area contributed by atoms with E-state index in [4.69, 9.17) is 9.97 Å². The van der Waals surface area contributed by atoms with E-state index >= 15 is 0 Å². The highest BCUT2D eigenvalue weighted by Crippen LogP contribution is 2.43. The smallest absolute Gasteiger partial charge is 0.0979 e. The van der Waals surface area contributed by atoms with Gasteiger partial charge in [0.1, 0.15) is 0 Å². The number of hydrogen-bond acceptors (Lipinski definition) is 3. The average Bonchev–Trinajstić information content (AvgIpc) is 3.47. The third-order valence-electron chi connectivity index (χ3n) is 9.32. The van der Waals surface area contributed by atoms with Crippen LogP contribution in [0.2, 0.25) is 0 Å². The molecular weight excluding hydrogens is 577 g/mol. The Balaban J connectivity index is 1.37. The van der Waals surface area contributed by atoms with Gasteiger partial charge in [-0.2, -0.15) is 0 Å². The molecule has 0 N–H and O–H groups in total. The second-order valence-corrected chi connectivity index (χ2v) is 13.4. The highest BCUT2D eigenvalue weighted by atomic mass is 32.1. The summed E-state index contributed by atoms with van der Waals surface area (Å²) in [5.74, 6) is 0. The summed E-state index contributed by atoms with van der Waals surface area (Å²) in [6.07, 6.45) is 0. The van der Waals surface area contributed by atoms with Crippen molar-refractivity contribution < 1.29 is 0 Å². The van der Waals surface area contributed by atoms with E-state index in [9.17, 15) is 0 Å². The number of hydrogen-bond donors (Lipinski definition) is 0. The number of benzene rings is 7. The van der Waals surface area contributed by atoms with Crippen molar-refractivity contribution in [2.24, 2.45) is 0 Å². The van der Waals surface area contributed by atoms with Gasteiger partial charge >= 0.3 is 0 Å². The molecule has 2 aromatic heterocycles. The monoisotopic (exact) mass is 606 g/mol. The second kappa shape index (κ2) is 10.3. The van der Waals surface area contributed by atoms with Gasteiger partial charge in [-0.25, -0.2) is 9.97 Å². The van der Waals surface area contributed by atoms with Crippen molar-refractivity contribution in [2.45, 2.75) is 20.8 Å². The number of thiophene rings is 1. The number of fused-ring (bicyclic) bond motifs is 9. The molecule has 0 saturated carbocycles. The molecule has 0 radical (unpaired) electrons. The molecule has 0 aliphatic carbocycles. The Labute approximate surface area is 271 Å². The molecule has 0 aliphatic heterocycles. The largest absolute Gasteiger partial charge is 0.243 e. The topological polar surface area (TPSA) is 25.8 Å².